The number of carbonyl (C=O) groups excluding carboxylic acids is 2. The van der Waals surface area contributed by atoms with Crippen molar-refractivity contribution in [3.63, 3.8) is 0 Å². The van der Waals surface area contributed by atoms with Crippen molar-refractivity contribution in [2.45, 2.75) is 32.0 Å². The second-order valence-electron chi connectivity index (χ2n) is 8.63. The van der Waals surface area contributed by atoms with Gasteiger partial charge < -0.3 is 23.9 Å². The monoisotopic (exact) mass is 471 g/mol. The summed E-state index contributed by atoms with van der Waals surface area (Å²) in [5.41, 5.74) is 2.07. The molecule has 1 N–H and O–H groups in total. The Morgan fingerprint density at radius 2 is 2.06 bits per heavy atom. The molecule has 1 amide bonds. The summed E-state index contributed by atoms with van der Waals surface area (Å²) in [5.74, 6) is 0.172. The van der Waals surface area contributed by atoms with Gasteiger partial charge in [0.2, 0.25) is 0 Å². The Morgan fingerprint density at radius 3 is 2.83 bits per heavy atom. The first-order valence-corrected chi connectivity index (χ1v) is 11.4. The summed E-state index contributed by atoms with van der Waals surface area (Å²) < 4.78 is 16.9. The number of rotatable bonds is 7. The molecule has 2 aliphatic heterocycles. The predicted molar refractivity (Wildman–Crippen MR) is 129 cm³/mol. The molecule has 5 rings (SSSR count). The molecular formula is C28H25NO6. The molecule has 7 heteroatoms. The van der Waals surface area contributed by atoms with Gasteiger partial charge in [-0.1, -0.05) is 24.8 Å². The standard InChI is InChI=1S/C28H25NO6/c1-3-11-33-21-7-4-6-18(15-21)25-24(27(31)28(32)29(25)16-22-8-5-12-34-22)26(30)19-9-10-23-20(14-19)13-17(2)35-23/h3-10,12,14-15,17,25,30H,1,11,13,16H2,2H3/b26-24+/t17-,25+/m0/s1. The minimum atomic E-state index is -0.823. The summed E-state index contributed by atoms with van der Waals surface area (Å²) in [7, 11) is 0. The molecule has 0 saturated carbocycles. The van der Waals surface area contributed by atoms with Crippen molar-refractivity contribution in [2.75, 3.05) is 6.61 Å². The lowest BCUT2D eigenvalue weighted by Gasteiger charge is -2.25. The molecular weight excluding hydrogens is 446 g/mol. The molecule has 0 bridgehead atoms. The van der Waals surface area contributed by atoms with Crippen molar-refractivity contribution in [2.24, 2.45) is 0 Å². The van der Waals surface area contributed by atoms with Gasteiger partial charge in [-0.25, -0.2) is 0 Å². The van der Waals surface area contributed by atoms with Crippen LogP contribution in [0.3, 0.4) is 0 Å². The van der Waals surface area contributed by atoms with Gasteiger partial charge in [-0.3, -0.25) is 9.59 Å². The highest BCUT2D eigenvalue weighted by Gasteiger charge is 2.46. The Morgan fingerprint density at radius 1 is 1.20 bits per heavy atom. The van der Waals surface area contributed by atoms with Crippen LogP contribution in [0.1, 0.15) is 35.4 Å². The van der Waals surface area contributed by atoms with Crippen molar-refractivity contribution >= 4 is 17.4 Å². The van der Waals surface area contributed by atoms with Gasteiger partial charge in [0.05, 0.1) is 24.4 Å². The van der Waals surface area contributed by atoms with E-state index in [-0.39, 0.29) is 24.0 Å². The fourth-order valence-corrected chi connectivity index (χ4v) is 4.61. The van der Waals surface area contributed by atoms with E-state index in [2.05, 4.69) is 6.58 Å². The van der Waals surface area contributed by atoms with Gasteiger partial charge in [0, 0.05) is 12.0 Å². The van der Waals surface area contributed by atoms with Crippen LogP contribution in [0.25, 0.3) is 5.76 Å². The number of benzene rings is 2. The third kappa shape index (κ3) is 4.21. The topological polar surface area (TPSA) is 89.2 Å². The third-order valence-electron chi connectivity index (χ3n) is 6.16. The number of ketones is 1. The zero-order valence-corrected chi connectivity index (χ0v) is 19.3. The van der Waals surface area contributed by atoms with E-state index in [1.165, 1.54) is 11.2 Å². The van der Waals surface area contributed by atoms with Gasteiger partial charge in [-0.15, -0.1) is 0 Å². The maximum atomic E-state index is 13.3. The van der Waals surface area contributed by atoms with Crippen LogP contribution in [0.15, 0.2) is 83.5 Å². The molecule has 3 heterocycles. The van der Waals surface area contributed by atoms with E-state index >= 15 is 0 Å². The van der Waals surface area contributed by atoms with Crippen LogP contribution in [0, 0.1) is 0 Å². The number of hydrogen-bond acceptors (Lipinski definition) is 6. The quantitative estimate of drug-likeness (QED) is 0.231. The summed E-state index contributed by atoms with van der Waals surface area (Å²) in [6, 6.07) is 15.1. The highest BCUT2D eigenvalue weighted by Crippen LogP contribution is 2.42. The van der Waals surface area contributed by atoms with Crippen molar-refractivity contribution in [1.82, 2.24) is 4.90 Å². The number of carbonyl (C=O) groups is 2. The lowest BCUT2D eigenvalue weighted by atomic mass is 9.94. The molecule has 0 unspecified atom stereocenters. The second-order valence-corrected chi connectivity index (χ2v) is 8.63. The number of ether oxygens (including phenoxy) is 2. The molecule has 2 aliphatic rings. The largest absolute Gasteiger partial charge is 0.507 e. The summed E-state index contributed by atoms with van der Waals surface area (Å²) >= 11 is 0. The van der Waals surface area contributed by atoms with Gasteiger partial charge in [0.1, 0.15) is 35.7 Å². The molecule has 0 spiro atoms. The lowest BCUT2D eigenvalue weighted by molar-refractivity contribution is -0.140. The van der Waals surface area contributed by atoms with Gasteiger partial charge in [0.15, 0.2) is 0 Å². The van der Waals surface area contributed by atoms with Crippen molar-refractivity contribution < 1.29 is 28.6 Å². The molecule has 0 radical (unpaired) electrons. The van der Waals surface area contributed by atoms with Gasteiger partial charge in [-0.2, -0.15) is 0 Å². The summed E-state index contributed by atoms with van der Waals surface area (Å²) in [6.45, 7) is 6.03. The average molecular weight is 472 g/mol. The summed E-state index contributed by atoms with van der Waals surface area (Å²) in [6.07, 6.45) is 3.89. The summed E-state index contributed by atoms with van der Waals surface area (Å²) in [5, 5.41) is 11.4. The number of amides is 1. The zero-order valence-electron chi connectivity index (χ0n) is 19.3. The molecule has 3 aromatic rings. The zero-order chi connectivity index (χ0) is 24.5. The minimum absolute atomic E-state index is 0.0225. The second kappa shape index (κ2) is 9.18. The van der Waals surface area contributed by atoms with E-state index in [1.54, 1.807) is 54.6 Å². The molecule has 1 aromatic heterocycles. The number of fused-ring (bicyclic) bond motifs is 1. The van der Waals surface area contributed by atoms with Crippen LogP contribution in [-0.2, 0) is 22.6 Å². The Labute approximate surface area is 202 Å². The van der Waals surface area contributed by atoms with E-state index < -0.39 is 17.7 Å². The normalized spacial score (nSPS) is 20.5. The van der Waals surface area contributed by atoms with Crippen LogP contribution in [0.5, 0.6) is 11.5 Å². The van der Waals surface area contributed by atoms with Gasteiger partial charge >= 0.3 is 0 Å². The molecule has 35 heavy (non-hydrogen) atoms. The lowest BCUT2D eigenvalue weighted by Crippen LogP contribution is -2.29. The number of aliphatic hydroxyl groups is 1. The number of likely N-dealkylation sites (tertiary alicyclic amines) is 1. The van der Waals surface area contributed by atoms with Crippen LogP contribution >= 0.6 is 0 Å². The molecule has 178 valence electrons. The van der Waals surface area contributed by atoms with E-state index in [0.29, 0.717) is 35.7 Å². The first kappa shape index (κ1) is 22.5. The molecule has 7 nitrogen and oxygen atoms in total. The first-order chi connectivity index (χ1) is 17.0. The van der Waals surface area contributed by atoms with Gasteiger partial charge in [0.25, 0.3) is 11.7 Å². The number of nitrogens with zero attached hydrogens (tertiary/aromatic N) is 1. The highest BCUT2D eigenvalue weighted by molar-refractivity contribution is 6.46. The summed E-state index contributed by atoms with van der Waals surface area (Å²) in [4.78, 5) is 27.9. The number of hydrogen-bond donors (Lipinski definition) is 1. The van der Waals surface area contributed by atoms with Crippen molar-refractivity contribution in [3.05, 3.63) is 102 Å². The van der Waals surface area contributed by atoms with Crippen molar-refractivity contribution in [1.29, 1.82) is 0 Å². The van der Waals surface area contributed by atoms with Crippen LogP contribution in [-0.4, -0.2) is 34.4 Å². The maximum absolute atomic E-state index is 13.3. The minimum Gasteiger partial charge on any atom is -0.507 e. The average Bonchev–Trinajstić information content (AvgIpc) is 3.56. The Kier molecular flexibility index (Phi) is 5.91. The van der Waals surface area contributed by atoms with E-state index in [4.69, 9.17) is 13.9 Å². The predicted octanol–water partition coefficient (Wildman–Crippen LogP) is 4.79. The Bertz CT molecular complexity index is 1320. The molecule has 1 fully saturated rings. The fraction of sp³-hybridized carbons (Fsp3) is 0.214. The van der Waals surface area contributed by atoms with E-state index in [9.17, 15) is 14.7 Å². The maximum Gasteiger partial charge on any atom is 0.296 e. The SMILES string of the molecule is C=CCOc1cccc([C@@H]2/C(=C(\O)c3ccc4c(c3)C[C@H](C)O4)C(=O)C(=O)N2Cc2ccco2)c1. The number of furan rings is 1. The van der Waals surface area contributed by atoms with Crippen LogP contribution in [0.2, 0.25) is 0 Å². The molecule has 2 atom stereocenters. The number of Topliss-reactive ketones (excluding diaryl/α,β-unsaturated/α-hetero) is 1. The molecule has 2 aromatic carbocycles. The van der Waals surface area contributed by atoms with Crippen LogP contribution < -0.4 is 9.47 Å². The molecule has 0 aliphatic carbocycles. The highest BCUT2D eigenvalue weighted by atomic mass is 16.5. The first-order valence-electron chi connectivity index (χ1n) is 11.4. The third-order valence-corrected chi connectivity index (χ3v) is 6.16. The van der Waals surface area contributed by atoms with Gasteiger partial charge in [-0.05, 0) is 60.5 Å². The number of aliphatic hydroxyl groups excluding tert-OH is 1. The fourth-order valence-electron chi connectivity index (χ4n) is 4.61. The Balaban J connectivity index is 1.62. The smallest absolute Gasteiger partial charge is 0.296 e. The van der Waals surface area contributed by atoms with Crippen LogP contribution in [0.4, 0.5) is 0 Å². The van der Waals surface area contributed by atoms with E-state index in [0.717, 1.165) is 11.3 Å². The Hall–Kier alpha value is -4.26. The van der Waals surface area contributed by atoms with E-state index in [1.807, 2.05) is 13.0 Å². The van der Waals surface area contributed by atoms with Crippen molar-refractivity contribution in [3.8, 4) is 11.5 Å². The molecule has 1 saturated heterocycles.